The van der Waals surface area contributed by atoms with Crippen LogP contribution in [0.3, 0.4) is 0 Å². The molecule has 0 amide bonds. The van der Waals surface area contributed by atoms with Gasteiger partial charge in [0.25, 0.3) is 0 Å². The third kappa shape index (κ3) is 3.28. The lowest BCUT2D eigenvalue weighted by Crippen LogP contribution is -1.84. The molecule has 0 unspecified atom stereocenters. The first kappa shape index (κ1) is 18.9. The molecule has 6 rings (SSSR count). The number of hydrogen-bond acceptors (Lipinski definition) is 1. The summed E-state index contributed by atoms with van der Waals surface area (Å²) in [5.74, 6) is 0. The average molecular weight is 431 g/mol. The highest BCUT2D eigenvalue weighted by Crippen LogP contribution is 2.37. The lowest BCUT2D eigenvalue weighted by Gasteiger charge is -2.09. The number of furan rings is 1. The molecule has 0 N–H and O–H groups in total. The highest BCUT2D eigenvalue weighted by molar-refractivity contribution is 6.30. The zero-order valence-corrected chi connectivity index (χ0v) is 18.0. The van der Waals surface area contributed by atoms with Crippen molar-refractivity contribution in [2.75, 3.05) is 0 Å². The van der Waals surface area contributed by atoms with E-state index in [1.165, 1.54) is 11.1 Å². The van der Waals surface area contributed by atoms with Crippen LogP contribution in [0.4, 0.5) is 0 Å². The summed E-state index contributed by atoms with van der Waals surface area (Å²) >= 11 is 6.21. The topological polar surface area (TPSA) is 13.1 Å². The van der Waals surface area contributed by atoms with Gasteiger partial charge in [-0.15, -0.1) is 0 Å². The number of rotatable bonds is 3. The maximum atomic E-state index is 6.26. The normalized spacial score (nSPS) is 11.3. The first-order valence-electron chi connectivity index (χ1n) is 10.6. The Hall–Kier alpha value is -3.81. The molecule has 0 atom stereocenters. The van der Waals surface area contributed by atoms with Crippen LogP contribution < -0.4 is 0 Å². The summed E-state index contributed by atoms with van der Waals surface area (Å²) in [5, 5.41) is 3.04. The second-order valence-corrected chi connectivity index (χ2v) is 8.39. The van der Waals surface area contributed by atoms with E-state index in [4.69, 9.17) is 16.0 Å². The molecule has 0 saturated heterocycles. The fraction of sp³-hybridized carbons (Fsp3) is 0. The van der Waals surface area contributed by atoms with Crippen LogP contribution in [-0.2, 0) is 0 Å². The summed E-state index contributed by atoms with van der Waals surface area (Å²) in [5.41, 5.74) is 8.68. The SMILES string of the molecule is Clc1cccc(-c2cccc(-c3cccc(-c4cccc5c4oc4ccccc45)c3)c2)c1. The van der Waals surface area contributed by atoms with Gasteiger partial charge in [0.05, 0.1) is 0 Å². The van der Waals surface area contributed by atoms with Crippen molar-refractivity contribution in [2.45, 2.75) is 0 Å². The van der Waals surface area contributed by atoms with Crippen molar-refractivity contribution in [3.63, 3.8) is 0 Å². The molecule has 32 heavy (non-hydrogen) atoms. The van der Waals surface area contributed by atoms with E-state index in [1.807, 2.05) is 30.3 Å². The van der Waals surface area contributed by atoms with E-state index in [2.05, 4.69) is 84.9 Å². The van der Waals surface area contributed by atoms with Crippen LogP contribution in [0.15, 0.2) is 120 Å². The number of hydrogen-bond donors (Lipinski definition) is 0. The van der Waals surface area contributed by atoms with E-state index in [-0.39, 0.29) is 0 Å². The molecule has 0 aliphatic rings. The van der Waals surface area contributed by atoms with Crippen LogP contribution in [0.2, 0.25) is 5.02 Å². The Bertz CT molecular complexity index is 1590. The summed E-state index contributed by atoms with van der Waals surface area (Å²) < 4.78 is 6.26. The van der Waals surface area contributed by atoms with Crippen molar-refractivity contribution >= 4 is 33.5 Å². The molecule has 1 heterocycles. The van der Waals surface area contributed by atoms with Gasteiger partial charge in [0, 0.05) is 21.4 Å². The second kappa shape index (κ2) is 7.71. The highest BCUT2D eigenvalue weighted by atomic mass is 35.5. The van der Waals surface area contributed by atoms with Crippen molar-refractivity contribution in [1.29, 1.82) is 0 Å². The fourth-order valence-electron chi connectivity index (χ4n) is 4.39. The largest absolute Gasteiger partial charge is 0.455 e. The van der Waals surface area contributed by atoms with Gasteiger partial charge in [-0.3, -0.25) is 0 Å². The molecule has 5 aromatic carbocycles. The zero-order chi connectivity index (χ0) is 21.5. The average Bonchev–Trinajstić information content (AvgIpc) is 3.23. The molecule has 0 radical (unpaired) electrons. The van der Waals surface area contributed by atoms with Crippen LogP contribution in [0.25, 0.3) is 55.3 Å². The standard InChI is InChI=1S/C30H19ClO/c31-25-12-5-10-23(19-25)21-8-3-7-20(17-21)22-9-4-11-24(18-22)26-14-6-15-28-27-13-1-2-16-29(27)32-30(26)28/h1-19H. The molecular formula is C30H19ClO. The van der Waals surface area contributed by atoms with Crippen LogP contribution in [-0.4, -0.2) is 0 Å². The Morgan fingerprint density at radius 2 is 1.03 bits per heavy atom. The monoisotopic (exact) mass is 430 g/mol. The third-order valence-corrected chi connectivity index (χ3v) is 6.17. The van der Waals surface area contributed by atoms with Gasteiger partial charge in [0.15, 0.2) is 0 Å². The second-order valence-electron chi connectivity index (χ2n) is 7.95. The summed E-state index contributed by atoms with van der Waals surface area (Å²) in [6, 6.07) is 39.8. The van der Waals surface area contributed by atoms with Gasteiger partial charge in [-0.2, -0.15) is 0 Å². The molecule has 0 saturated carbocycles. The van der Waals surface area contributed by atoms with Gasteiger partial charge >= 0.3 is 0 Å². The van der Waals surface area contributed by atoms with E-state index in [9.17, 15) is 0 Å². The fourth-order valence-corrected chi connectivity index (χ4v) is 4.58. The molecule has 0 bridgehead atoms. The predicted molar refractivity (Wildman–Crippen MR) is 135 cm³/mol. The van der Waals surface area contributed by atoms with Gasteiger partial charge in [-0.25, -0.2) is 0 Å². The maximum Gasteiger partial charge on any atom is 0.143 e. The van der Waals surface area contributed by atoms with Crippen LogP contribution in [0.1, 0.15) is 0 Å². The Balaban J connectivity index is 1.47. The van der Waals surface area contributed by atoms with Crippen LogP contribution in [0.5, 0.6) is 0 Å². The molecular weight excluding hydrogens is 412 g/mol. The van der Waals surface area contributed by atoms with Crippen molar-refractivity contribution in [3.8, 4) is 33.4 Å². The predicted octanol–water partition coefficient (Wildman–Crippen LogP) is 9.24. The van der Waals surface area contributed by atoms with Gasteiger partial charge in [0.2, 0.25) is 0 Å². The first-order valence-corrected chi connectivity index (χ1v) is 11.0. The number of benzene rings is 5. The Morgan fingerprint density at radius 3 is 1.78 bits per heavy atom. The molecule has 0 fully saturated rings. The van der Waals surface area contributed by atoms with Gasteiger partial charge in [-0.05, 0) is 58.1 Å². The van der Waals surface area contributed by atoms with Crippen molar-refractivity contribution in [3.05, 3.63) is 120 Å². The molecule has 0 spiro atoms. The van der Waals surface area contributed by atoms with Crippen molar-refractivity contribution in [1.82, 2.24) is 0 Å². The van der Waals surface area contributed by atoms with Gasteiger partial charge < -0.3 is 4.42 Å². The van der Waals surface area contributed by atoms with Gasteiger partial charge in [-0.1, -0.05) is 96.5 Å². The minimum atomic E-state index is 0.744. The van der Waals surface area contributed by atoms with Crippen molar-refractivity contribution in [2.24, 2.45) is 0 Å². The van der Waals surface area contributed by atoms with Gasteiger partial charge in [0.1, 0.15) is 11.2 Å². The van der Waals surface area contributed by atoms with Crippen molar-refractivity contribution < 1.29 is 4.42 Å². The third-order valence-electron chi connectivity index (χ3n) is 5.93. The number of halogens is 1. The van der Waals surface area contributed by atoms with Crippen LogP contribution >= 0.6 is 11.6 Å². The summed E-state index contributed by atoms with van der Waals surface area (Å²) in [6.45, 7) is 0. The highest BCUT2D eigenvalue weighted by Gasteiger charge is 2.12. The molecule has 152 valence electrons. The molecule has 2 heteroatoms. The summed E-state index contributed by atoms with van der Waals surface area (Å²) in [7, 11) is 0. The Labute approximate surface area is 191 Å². The van der Waals surface area contributed by atoms with E-state index in [0.717, 1.165) is 49.2 Å². The van der Waals surface area contributed by atoms with E-state index < -0.39 is 0 Å². The molecule has 0 aliphatic carbocycles. The van der Waals surface area contributed by atoms with E-state index >= 15 is 0 Å². The molecule has 0 aliphatic heterocycles. The quantitative estimate of drug-likeness (QED) is 0.272. The number of fused-ring (bicyclic) bond motifs is 3. The van der Waals surface area contributed by atoms with E-state index in [1.54, 1.807) is 0 Å². The minimum absolute atomic E-state index is 0.744. The molecule has 1 aromatic heterocycles. The lowest BCUT2D eigenvalue weighted by molar-refractivity contribution is 0.670. The first-order chi connectivity index (χ1) is 15.8. The summed E-state index contributed by atoms with van der Waals surface area (Å²) in [4.78, 5) is 0. The minimum Gasteiger partial charge on any atom is -0.455 e. The lowest BCUT2D eigenvalue weighted by atomic mass is 9.95. The Kier molecular flexibility index (Phi) is 4.56. The smallest absolute Gasteiger partial charge is 0.143 e. The zero-order valence-electron chi connectivity index (χ0n) is 17.3. The number of para-hydroxylation sites is 2. The molecule has 6 aromatic rings. The Morgan fingerprint density at radius 1 is 0.469 bits per heavy atom. The van der Waals surface area contributed by atoms with E-state index in [0.29, 0.717) is 0 Å². The maximum absolute atomic E-state index is 6.26. The van der Waals surface area contributed by atoms with Crippen LogP contribution in [0, 0.1) is 0 Å². The summed E-state index contributed by atoms with van der Waals surface area (Å²) in [6.07, 6.45) is 0. The molecule has 1 nitrogen and oxygen atoms in total.